The number of halogens is 3. The summed E-state index contributed by atoms with van der Waals surface area (Å²) >= 11 is 12.7. The third-order valence-corrected chi connectivity index (χ3v) is 3.20. The van der Waals surface area contributed by atoms with E-state index in [0.717, 1.165) is 21.3 Å². The van der Waals surface area contributed by atoms with Gasteiger partial charge in [0.25, 0.3) is 0 Å². The fraction of sp³-hybridized carbons (Fsp3) is 0.500. The highest BCUT2D eigenvalue weighted by Gasteiger charge is 2.14. The van der Waals surface area contributed by atoms with Crippen molar-refractivity contribution in [1.82, 2.24) is 4.98 Å². The Kier molecular flexibility index (Phi) is 5.36. The van der Waals surface area contributed by atoms with Gasteiger partial charge in [-0.1, -0.05) is 0 Å². The molecule has 5 heteroatoms. The number of pyridine rings is 1. The average molecular weight is 356 g/mol. The third-order valence-electron chi connectivity index (χ3n) is 2.01. The summed E-state index contributed by atoms with van der Waals surface area (Å²) in [6.07, 6.45) is 1.80. The van der Waals surface area contributed by atoms with E-state index in [9.17, 15) is 0 Å². The van der Waals surface area contributed by atoms with Crippen LogP contribution in [0.5, 0.6) is 0 Å². The van der Waals surface area contributed by atoms with Gasteiger partial charge in [0.15, 0.2) is 0 Å². The number of hydrogen-bond acceptors (Lipinski definition) is 2. The first kappa shape index (κ1) is 13.3. The highest BCUT2D eigenvalue weighted by atomic mass is 79.9. The molecule has 0 atom stereocenters. The van der Waals surface area contributed by atoms with Crippen molar-refractivity contribution >= 4 is 49.3 Å². The van der Waals surface area contributed by atoms with Crippen LogP contribution in [0.2, 0.25) is 0 Å². The summed E-state index contributed by atoms with van der Waals surface area (Å²) in [6.45, 7) is 5.05. The number of nitrogens with zero attached hydrogens (tertiary/aromatic N) is 2. The Labute approximate surface area is 112 Å². The summed E-state index contributed by atoms with van der Waals surface area (Å²) in [5, 5.41) is 0. The molecule has 0 saturated heterocycles. The summed E-state index contributed by atoms with van der Waals surface area (Å²) in [6, 6.07) is 2.38. The van der Waals surface area contributed by atoms with Crippen molar-refractivity contribution in [3.63, 3.8) is 0 Å². The molecule has 0 fully saturated rings. The van der Waals surface area contributed by atoms with E-state index in [1.165, 1.54) is 0 Å². The SMILES string of the molecule is CC(C)N(CCCl)c1ncc(Br)cc1Br. The van der Waals surface area contributed by atoms with Crippen LogP contribution in [0.15, 0.2) is 21.2 Å². The first-order valence-corrected chi connectivity index (χ1v) is 6.82. The lowest BCUT2D eigenvalue weighted by atomic mass is 10.3. The van der Waals surface area contributed by atoms with Crippen molar-refractivity contribution < 1.29 is 0 Å². The van der Waals surface area contributed by atoms with Gasteiger partial charge in [0.05, 0.1) is 4.47 Å². The number of aromatic nitrogens is 1. The normalized spacial score (nSPS) is 10.8. The number of anilines is 1. The standard InChI is InChI=1S/C10H13Br2ClN2/c1-7(2)15(4-3-13)10-9(12)5-8(11)6-14-10/h5-7H,3-4H2,1-2H3. The lowest BCUT2D eigenvalue weighted by Gasteiger charge is -2.27. The van der Waals surface area contributed by atoms with Crippen LogP contribution in [-0.4, -0.2) is 23.5 Å². The van der Waals surface area contributed by atoms with E-state index in [1.807, 2.05) is 6.07 Å². The molecule has 0 bridgehead atoms. The third kappa shape index (κ3) is 3.61. The van der Waals surface area contributed by atoms with Gasteiger partial charge >= 0.3 is 0 Å². The van der Waals surface area contributed by atoms with Crippen LogP contribution in [0, 0.1) is 0 Å². The Balaban J connectivity index is 3.00. The first-order valence-electron chi connectivity index (χ1n) is 4.70. The minimum absolute atomic E-state index is 0.383. The van der Waals surface area contributed by atoms with E-state index in [-0.39, 0.29) is 0 Å². The molecule has 0 spiro atoms. The molecule has 0 aliphatic heterocycles. The summed E-state index contributed by atoms with van der Waals surface area (Å²) < 4.78 is 1.95. The Morgan fingerprint density at radius 2 is 2.13 bits per heavy atom. The monoisotopic (exact) mass is 354 g/mol. The van der Waals surface area contributed by atoms with Crippen molar-refractivity contribution in [2.24, 2.45) is 0 Å². The predicted octanol–water partition coefficient (Wildman–Crippen LogP) is 4.06. The maximum absolute atomic E-state index is 5.78. The van der Waals surface area contributed by atoms with Crippen LogP contribution < -0.4 is 4.90 Å². The van der Waals surface area contributed by atoms with Gasteiger partial charge in [0.1, 0.15) is 5.82 Å². The largest absolute Gasteiger partial charge is 0.352 e. The fourth-order valence-corrected chi connectivity index (χ4v) is 2.72. The van der Waals surface area contributed by atoms with Crippen LogP contribution >= 0.6 is 43.5 Å². The van der Waals surface area contributed by atoms with Gasteiger partial charge in [-0.25, -0.2) is 4.98 Å². The molecule has 2 nitrogen and oxygen atoms in total. The average Bonchev–Trinajstić information content (AvgIpc) is 2.15. The molecule has 15 heavy (non-hydrogen) atoms. The predicted molar refractivity (Wildman–Crippen MR) is 72.8 cm³/mol. The van der Waals surface area contributed by atoms with Crippen LogP contribution in [0.1, 0.15) is 13.8 Å². The molecule has 1 aromatic rings. The van der Waals surface area contributed by atoms with E-state index in [0.29, 0.717) is 11.9 Å². The Morgan fingerprint density at radius 3 is 2.60 bits per heavy atom. The highest BCUT2D eigenvalue weighted by molar-refractivity contribution is 9.11. The molecule has 0 saturated carbocycles. The summed E-state index contributed by atoms with van der Waals surface area (Å²) in [4.78, 5) is 6.56. The number of rotatable bonds is 4. The molecule has 0 unspecified atom stereocenters. The second-order valence-corrected chi connectivity index (χ2v) is 5.58. The lowest BCUT2D eigenvalue weighted by Crippen LogP contribution is -2.33. The lowest BCUT2D eigenvalue weighted by molar-refractivity contribution is 0.693. The van der Waals surface area contributed by atoms with Crippen LogP contribution in [0.25, 0.3) is 0 Å². The van der Waals surface area contributed by atoms with E-state index in [1.54, 1.807) is 6.20 Å². The molecule has 0 amide bonds. The number of alkyl halides is 1. The Bertz CT molecular complexity index is 331. The molecule has 0 radical (unpaired) electrons. The van der Waals surface area contributed by atoms with Crippen LogP contribution in [0.4, 0.5) is 5.82 Å². The van der Waals surface area contributed by atoms with E-state index in [2.05, 4.69) is 55.6 Å². The highest BCUT2D eigenvalue weighted by Crippen LogP contribution is 2.27. The smallest absolute Gasteiger partial charge is 0.143 e. The van der Waals surface area contributed by atoms with Crippen molar-refractivity contribution in [1.29, 1.82) is 0 Å². The van der Waals surface area contributed by atoms with E-state index in [4.69, 9.17) is 11.6 Å². The number of hydrogen-bond donors (Lipinski definition) is 0. The molecular formula is C10H13Br2ClN2. The summed E-state index contributed by atoms with van der Waals surface area (Å²) in [5.41, 5.74) is 0. The topological polar surface area (TPSA) is 16.1 Å². The van der Waals surface area contributed by atoms with Gasteiger partial charge in [0, 0.05) is 29.1 Å². The molecule has 0 aliphatic carbocycles. The minimum Gasteiger partial charge on any atom is -0.352 e. The first-order chi connectivity index (χ1) is 7.06. The van der Waals surface area contributed by atoms with Gasteiger partial charge in [-0.15, -0.1) is 11.6 Å². The molecule has 1 rings (SSSR count). The molecule has 84 valence electrons. The van der Waals surface area contributed by atoms with Crippen LogP contribution in [-0.2, 0) is 0 Å². The van der Waals surface area contributed by atoms with Gasteiger partial charge in [-0.2, -0.15) is 0 Å². The van der Waals surface area contributed by atoms with Gasteiger partial charge in [-0.05, 0) is 51.8 Å². The maximum atomic E-state index is 5.78. The molecule has 1 aromatic heterocycles. The quantitative estimate of drug-likeness (QED) is 0.757. The zero-order valence-electron chi connectivity index (χ0n) is 8.67. The second kappa shape index (κ2) is 6.06. The molecule has 0 aliphatic rings. The van der Waals surface area contributed by atoms with Gasteiger partial charge in [-0.3, -0.25) is 0 Å². The van der Waals surface area contributed by atoms with Gasteiger partial charge in [0.2, 0.25) is 0 Å². The Hall–Kier alpha value is 0.200. The molecule has 0 N–H and O–H groups in total. The fourth-order valence-electron chi connectivity index (χ4n) is 1.32. The van der Waals surface area contributed by atoms with Crippen molar-refractivity contribution in [3.05, 3.63) is 21.2 Å². The maximum Gasteiger partial charge on any atom is 0.143 e. The summed E-state index contributed by atoms with van der Waals surface area (Å²) in [7, 11) is 0. The van der Waals surface area contributed by atoms with E-state index >= 15 is 0 Å². The van der Waals surface area contributed by atoms with E-state index < -0.39 is 0 Å². The van der Waals surface area contributed by atoms with Crippen molar-refractivity contribution in [2.45, 2.75) is 19.9 Å². The van der Waals surface area contributed by atoms with Crippen LogP contribution in [0.3, 0.4) is 0 Å². The minimum atomic E-state index is 0.383. The molecule has 0 aromatic carbocycles. The van der Waals surface area contributed by atoms with Crippen molar-refractivity contribution in [3.8, 4) is 0 Å². The zero-order valence-corrected chi connectivity index (χ0v) is 12.6. The van der Waals surface area contributed by atoms with Gasteiger partial charge < -0.3 is 4.90 Å². The molecular weight excluding hydrogens is 343 g/mol. The molecule has 1 heterocycles. The second-order valence-electron chi connectivity index (χ2n) is 3.44. The zero-order chi connectivity index (χ0) is 11.4. The Morgan fingerprint density at radius 1 is 1.47 bits per heavy atom. The van der Waals surface area contributed by atoms with Crippen molar-refractivity contribution in [2.75, 3.05) is 17.3 Å². The summed E-state index contributed by atoms with van der Waals surface area (Å²) in [5.74, 6) is 1.54.